The second kappa shape index (κ2) is 4.70. The number of carbonyl (C=O) groups excluding carboxylic acids is 1. The fourth-order valence-corrected chi connectivity index (χ4v) is 2.84. The molecule has 1 aromatic rings. The third-order valence-corrected chi connectivity index (χ3v) is 4.13. The van der Waals surface area contributed by atoms with Gasteiger partial charge in [0.25, 0.3) is 0 Å². The van der Waals surface area contributed by atoms with Crippen molar-refractivity contribution in [3.05, 3.63) is 34.9 Å². The van der Waals surface area contributed by atoms with Crippen LogP contribution in [0.3, 0.4) is 0 Å². The number of Topliss-reactive ketones (excluding diaryl/α,β-unsaturated/α-hetero) is 1. The van der Waals surface area contributed by atoms with Gasteiger partial charge in [-0.15, -0.1) is 0 Å². The van der Waals surface area contributed by atoms with E-state index in [2.05, 4.69) is 41.9 Å². The van der Waals surface area contributed by atoms with Crippen LogP contribution < -0.4 is 0 Å². The van der Waals surface area contributed by atoms with Crippen molar-refractivity contribution < 1.29 is 4.79 Å². The Labute approximate surface area is 105 Å². The molecule has 0 N–H and O–H groups in total. The van der Waals surface area contributed by atoms with Crippen molar-refractivity contribution in [3.8, 4) is 0 Å². The lowest BCUT2D eigenvalue weighted by atomic mass is 9.77. The summed E-state index contributed by atoms with van der Waals surface area (Å²) >= 11 is 3.22. The molecular weight excluding hydrogens is 264 g/mol. The summed E-state index contributed by atoms with van der Waals surface area (Å²) in [6.07, 6.45) is 2.50. The first-order valence-electron chi connectivity index (χ1n) is 5.86. The van der Waals surface area contributed by atoms with Crippen molar-refractivity contribution in [2.75, 3.05) is 5.33 Å². The van der Waals surface area contributed by atoms with Crippen LogP contribution in [0.15, 0.2) is 18.2 Å². The smallest absolute Gasteiger partial charge is 0.173 e. The molecule has 86 valence electrons. The molecule has 0 unspecified atom stereocenters. The van der Waals surface area contributed by atoms with E-state index in [0.717, 1.165) is 5.56 Å². The van der Waals surface area contributed by atoms with Crippen LogP contribution in [-0.4, -0.2) is 11.1 Å². The number of benzene rings is 1. The maximum Gasteiger partial charge on any atom is 0.173 e. The highest BCUT2D eigenvalue weighted by molar-refractivity contribution is 9.09. The molecule has 0 fully saturated rings. The zero-order chi connectivity index (χ0) is 11.7. The average Bonchev–Trinajstić information content (AvgIpc) is 2.32. The number of fused-ring (bicyclic) bond motifs is 1. The van der Waals surface area contributed by atoms with Gasteiger partial charge in [0.05, 0.1) is 5.33 Å². The van der Waals surface area contributed by atoms with E-state index in [9.17, 15) is 4.79 Å². The summed E-state index contributed by atoms with van der Waals surface area (Å²) in [6.45, 7) is 4.53. The van der Waals surface area contributed by atoms with Crippen molar-refractivity contribution in [2.24, 2.45) is 0 Å². The minimum atomic E-state index is 0.174. The topological polar surface area (TPSA) is 17.1 Å². The second-order valence-electron chi connectivity index (χ2n) is 4.78. The Balaban J connectivity index is 2.44. The number of hydrogen-bond acceptors (Lipinski definition) is 1. The Bertz CT molecular complexity index is 411. The predicted molar refractivity (Wildman–Crippen MR) is 70.6 cm³/mol. The van der Waals surface area contributed by atoms with Crippen molar-refractivity contribution in [1.29, 1.82) is 0 Å². The molecule has 16 heavy (non-hydrogen) atoms. The standard InChI is InChI=1S/C14H17BrO/c1-9-3-4-10(2)13-7-11(14(16)8-15)5-6-12(9)13/h5-7,9-10H,3-4,8H2,1-2H3/t9-,10+/m0/s1. The largest absolute Gasteiger partial charge is 0.293 e. The molecule has 0 saturated carbocycles. The first-order valence-corrected chi connectivity index (χ1v) is 6.98. The molecule has 0 spiro atoms. The molecule has 1 aromatic carbocycles. The fraction of sp³-hybridized carbons (Fsp3) is 0.500. The molecule has 0 amide bonds. The van der Waals surface area contributed by atoms with Crippen LogP contribution in [0.1, 0.15) is 60.0 Å². The molecule has 1 aliphatic rings. The van der Waals surface area contributed by atoms with Gasteiger partial charge in [0.2, 0.25) is 0 Å². The van der Waals surface area contributed by atoms with E-state index in [1.54, 1.807) is 0 Å². The number of carbonyl (C=O) groups is 1. The predicted octanol–water partition coefficient (Wildman–Crippen LogP) is 4.27. The fourth-order valence-electron chi connectivity index (χ4n) is 2.51. The summed E-state index contributed by atoms with van der Waals surface area (Å²) in [5.41, 5.74) is 3.66. The quantitative estimate of drug-likeness (QED) is 0.584. The zero-order valence-corrected chi connectivity index (χ0v) is 11.4. The zero-order valence-electron chi connectivity index (χ0n) is 9.79. The Morgan fingerprint density at radius 2 is 1.88 bits per heavy atom. The van der Waals surface area contributed by atoms with Crippen LogP contribution in [0.25, 0.3) is 0 Å². The number of halogens is 1. The Kier molecular flexibility index (Phi) is 3.48. The van der Waals surface area contributed by atoms with Gasteiger partial charge in [-0.05, 0) is 41.9 Å². The van der Waals surface area contributed by atoms with E-state index in [-0.39, 0.29) is 5.78 Å². The van der Waals surface area contributed by atoms with Crippen LogP contribution in [-0.2, 0) is 0 Å². The maximum atomic E-state index is 11.6. The molecule has 0 aromatic heterocycles. The van der Waals surface area contributed by atoms with E-state index in [0.29, 0.717) is 17.2 Å². The summed E-state index contributed by atoms with van der Waals surface area (Å²) in [5, 5.41) is 0.412. The Hall–Kier alpha value is -0.630. The summed E-state index contributed by atoms with van der Waals surface area (Å²) in [7, 11) is 0. The summed E-state index contributed by atoms with van der Waals surface area (Å²) < 4.78 is 0. The van der Waals surface area contributed by atoms with E-state index < -0.39 is 0 Å². The Morgan fingerprint density at radius 1 is 1.25 bits per heavy atom. The average molecular weight is 281 g/mol. The van der Waals surface area contributed by atoms with Crippen LogP contribution in [0.5, 0.6) is 0 Å². The van der Waals surface area contributed by atoms with Crippen LogP contribution in [0.2, 0.25) is 0 Å². The van der Waals surface area contributed by atoms with Crippen LogP contribution in [0, 0.1) is 0 Å². The highest BCUT2D eigenvalue weighted by Crippen LogP contribution is 2.38. The lowest BCUT2D eigenvalue weighted by Gasteiger charge is -2.27. The van der Waals surface area contributed by atoms with Gasteiger partial charge in [0, 0.05) is 5.56 Å². The van der Waals surface area contributed by atoms with Gasteiger partial charge in [-0.1, -0.05) is 41.9 Å². The minimum absolute atomic E-state index is 0.174. The number of hydrogen-bond donors (Lipinski definition) is 0. The summed E-state index contributed by atoms with van der Waals surface area (Å²) in [4.78, 5) is 11.6. The molecule has 1 nitrogen and oxygen atoms in total. The molecule has 0 heterocycles. The molecule has 0 bridgehead atoms. The molecular formula is C14H17BrO. The molecule has 0 saturated heterocycles. The van der Waals surface area contributed by atoms with Crippen molar-refractivity contribution in [3.63, 3.8) is 0 Å². The minimum Gasteiger partial charge on any atom is -0.293 e. The first-order chi connectivity index (χ1) is 7.63. The lowest BCUT2D eigenvalue weighted by molar-refractivity contribution is 0.102. The monoisotopic (exact) mass is 280 g/mol. The van der Waals surface area contributed by atoms with E-state index >= 15 is 0 Å². The molecule has 2 rings (SSSR count). The molecule has 0 aliphatic heterocycles. The SMILES string of the molecule is C[C@@H]1CC[C@H](C)c2ccc(C(=O)CBr)cc21. The third-order valence-electron chi connectivity index (χ3n) is 3.62. The maximum absolute atomic E-state index is 11.6. The normalized spacial score (nSPS) is 23.9. The van der Waals surface area contributed by atoms with Crippen molar-refractivity contribution >= 4 is 21.7 Å². The van der Waals surface area contributed by atoms with Crippen LogP contribution >= 0.6 is 15.9 Å². The van der Waals surface area contributed by atoms with Gasteiger partial charge in [-0.25, -0.2) is 0 Å². The number of ketones is 1. The molecule has 1 aliphatic carbocycles. The van der Waals surface area contributed by atoms with Gasteiger partial charge in [0.15, 0.2) is 5.78 Å². The number of rotatable bonds is 2. The summed E-state index contributed by atoms with van der Waals surface area (Å²) in [6, 6.07) is 6.21. The van der Waals surface area contributed by atoms with E-state index in [1.165, 1.54) is 24.0 Å². The molecule has 2 heteroatoms. The highest BCUT2D eigenvalue weighted by atomic mass is 79.9. The second-order valence-corrected chi connectivity index (χ2v) is 5.34. The van der Waals surface area contributed by atoms with Gasteiger partial charge in [-0.2, -0.15) is 0 Å². The van der Waals surface area contributed by atoms with Crippen molar-refractivity contribution in [1.82, 2.24) is 0 Å². The molecule has 0 radical (unpaired) electrons. The number of alkyl halides is 1. The first kappa shape index (κ1) is 11.8. The van der Waals surface area contributed by atoms with E-state index in [1.807, 2.05) is 6.07 Å². The van der Waals surface area contributed by atoms with Crippen LogP contribution in [0.4, 0.5) is 0 Å². The summed E-state index contributed by atoms with van der Waals surface area (Å²) in [5.74, 6) is 1.40. The van der Waals surface area contributed by atoms with Gasteiger partial charge in [-0.3, -0.25) is 4.79 Å². The van der Waals surface area contributed by atoms with Gasteiger partial charge in [0.1, 0.15) is 0 Å². The highest BCUT2D eigenvalue weighted by Gasteiger charge is 2.22. The van der Waals surface area contributed by atoms with Gasteiger partial charge < -0.3 is 0 Å². The van der Waals surface area contributed by atoms with E-state index in [4.69, 9.17) is 0 Å². The van der Waals surface area contributed by atoms with Gasteiger partial charge >= 0.3 is 0 Å². The lowest BCUT2D eigenvalue weighted by Crippen LogP contribution is -2.12. The Morgan fingerprint density at radius 3 is 2.50 bits per heavy atom. The third kappa shape index (κ3) is 2.08. The van der Waals surface area contributed by atoms with Crippen molar-refractivity contribution in [2.45, 2.75) is 38.5 Å². The molecule has 2 atom stereocenters.